The lowest BCUT2D eigenvalue weighted by Gasteiger charge is -2.29. The van der Waals surface area contributed by atoms with Crippen LogP contribution in [0.1, 0.15) is 51.7 Å². The molecule has 1 atom stereocenters. The van der Waals surface area contributed by atoms with Gasteiger partial charge in [-0.05, 0) is 69.0 Å². The summed E-state index contributed by atoms with van der Waals surface area (Å²) in [6, 6.07) is 12.5. The van der Waals surface area contributed by atoms with E-state index in [1.807, 2.05) is 57.2 Å². The lowest BCUT2D eigenvalue weighted by molar-refractivity contribution is -0.140. The highest BCUT2D eigenvalue weighted by molar-refractivity contribution is 6.30. The van der Waals surface area contributed by atoms with Gasteiger partial charge in [0, 0.05) is 24.5 Å². The number of nitrogens with one attached hydrogen (secondary N) is 1. The molecule has 180 valence electrons. The van der Waals surface area contributed by atoms with Crippen LogP contribution in [0.4, 0.5) is 0 Å². The maximum atomic E-state index is 13.3. The van der Waals surface area contributed by atoms with Crippen molar-refractivity contribution in [3.05, 3.63) is 58.6 Å². The second kappa shape index (κ2) is 13.7. The summed E-state index contributed by atoms with van der Waals surface area (Å²) in [5.41, 5.74) is 1.85. The van der Waals surface area contributed by atoms with E-state index in [2.05, 4.69) is 5.32 Å². The van der Waals surface area contributed by atoms with Crippen molar-refractivity contribution in [2.75, 3.05) is 19.8 Å². The van der Waals surface area contributed by atoms with Crippen LogP contribution in [0, 0.1) is 0 Å². The average molecular weight is 475 g/mol. The van der Waals surface area contributed by atoms with Crippen molar-refractivity contribution in [3.63, 3.8) is 0 Å². The van der Waals surface area contributed by atoms with Crippen LogP contribution in [0.5, 0.6) is 11.5 Å². The minimum absolute atomic E-state index is 0.0963. The molecule has 1 N–H and O–H groups in total. The third-order valence-electron chi connectivity index (χ3n) is 5.19. The van der Waals surface area contributed by atoms with Crippen LogP contribution >= 0.6 is 11.6 Å². The molecule has 0 radical (unpaired) electrons. The monoisotopic (exact) mass is 474 g/mol. The maximum absolute atomic E-state index is 13.3. The first kappa shape index (κ1) is 26.5. The Morgan fingerprint density at radius 2 is 1.73 bits per heavy atom. The van der Waals surface area contributed by atoms with Crippen LogP contribution in [0.25, 0.3) is 0 Å². The van der Waals surface area contributed by atoms with Crippen LogP contribution in [0.3, 0.4) is 0 Å². The number of hydrogen-bond acceptors (Lipinski definition) is 4. The molecule has 0 aliphatic rings. The van der Waals surface area contributed by atoms with Crippen molar-refractivity contribution < 1.29 is 19.1 Å². The van der Waals surface area contributed by atoms with Crippen LogP contribution in [-0.2, 0) is 22.6 Å². The minimum Gasteiger partial charge on any atom is -0.490 e. The van der Waals surface area contributed by atoms with Gasteiger partial charge in [-0.2, -0.15) is 0 Å². The summed E-state index contributed by atoms with van der Waals surface area (Å²) in [5.74, 6) is 1.11. The highest BCUT2D eigenvalue weighted by atomic mass is 35.5. The van der Waals surface area contributed by atoms with E-state index in [4.69, 9.17) is 21.1 Å². The molecule has 7 heteroatoms. The van der Waals surface area contributed by atoms with E-state index in [1.54, 1.807) is 17.9 Å². The fourth-order valence-electron chi connectivity index (χ4n) is 3.46. The van der Waals surface area contributed by atoms with E-state index in [9.17, 15) is 9.59 Å². The highest BCUT2D eigenvalue weighted by Crippen LogP contribution is 2.29. The number of hydrogen-bond donors (Lipinski definition) is 1. The molecule has 2 rings (SSSR count). The van der Waals surface area contributed by atoms with E-state index in [0.29, 0.717) is 49.2 Å². The van der Waals surface area contributed by atoms with Gasteiger partial charge in [-0.3, -0.25) is 9.59 Å². The quantitative estimate of drug-likeness (QED) is 0.443. The number of aryl methyl sites for hydroxylation is 1. The molecular formula is C26H35ClN2O4. The van der Waals surface area contributed by atoms with E-state index in [0.717, 1.165) is 17.5 Å². The zero-order chi connectivity index (χ0) is 24.2. The highest BCUT2D eigenvalue weighted by Gasteiger charge is 2.26. The first-order chi connectivity index (χ1) is 15.9. The molecule has 0 aromatic heterocycles. The number of nitrogens with zero attached hydrogens (tertiary/aromatic N) is 1. The van der Waals surface area contributed by atoms with Gasteiger partial charge in [0.2, 0.25) is 11.8 Å². The third-order valence-corrected chi connectivity index (χ3v) is 5.43. The second-order valence-electron chi connectivity index (χ2n) is 7.77. The summed E-state index contributed by atoms with van der Waals surface area (Å²) in [5, 5.41) is 3.49. The second-order valence-corrected chi connectivity index (χ2v) is 8.20. The number of amides is 2. The van der Waals surface area contributed by atoms with Gasteiger partial charge in [-0.15, -0.1) is 0 Å². The topological polar surface area (TPSA) is 67.9 Å². The van der Waals surface area contributed by atoms with Crippen molar-refractivity contribution in [1.82, 2.24) is 10.2 Å². The molecule has 0 saturated heterocycles. The smallest absolute Gasteiger partial charge is 0.242 e. The number of rotatable bonds is 13. The van der Waals surface area contributed by atoms with E-state index in [-0.39, 0.29) is 18.2 Å². The van der Waals surface area contributed by atoms with E-state index < -0.39 is 6.04 Å². The Hall–Kier alpha value is -2.73. The molecule has 0 bridgehead atoms. The summed E-state index contributed by atoms with van der Waals surface area (Å²) in [6.45, 7) is 9.57. The summed E-state index contributed by atoms with van der Waals surface area (Å²) >= 11 is 6.13. The number of carbonyl (C=O) groups excluding carboxylic acids is 2. The molecule has 2 amide bonds. The maximum Gasteiger partial charge on any atom is 0.242 e. The summed E-state index contributed by atoms with van der Waals surface area (Å²) in [7, 11) is 0. The molecule has 6 nitrogen and oxygen atoms in total. The van der Waals surface area contributed by atoms with Gasteiger partial charge in [-0.25, -0.2) is 0 Å². The molecule has 0 spiro atoms. The summed E-state index contributed by atoms with van der Waals surface area (Å²) in [6.07, 6.45) is 1.63. The molecule has 33 heavy (non-hydrogen) atoms. The Morgan fingerprint density at radius 1 is 1.00 bits per heavy atom. The predicted octanol–water partition coefficient (Wildman–Crippen LogP) is 5.01. The van der Waals surface area contributed by atoms with Gasteiger partial charge in [0.15, 0.2) is 11.5 Å². The summed E-state index contributed by atoms with van der Waals surface area (Å²) in [4.78, 5) is 27.5. The molecular weight excluding hydrogens is 440 g/mol. The van der Waals surface area contributed by atoms with Gasteiger partial charge < -0.3 is 19.7 Å². The molecule has 1 unspecified atom stereocenters. The van der Waals surface area contributed by atoms with Crippen molar-refractivity contribution in [1.29, 1.82) is 0 Å². The Morgan fingerprint density at radius 3 is 2.39 bits per heavy atom. The van der Waals surface area contributed by atoms with Crippen LogP contribution in [0.15, 0.2) is 42.5 Å². The van der Waals surface area contributed by atoms with Crippen LogP contribution < -0.4 is 14.8 Å². The predicted molar refractivity (Wildman–Crippen MR) is 132 cm³/mol. The molecule has 0 aliphatic carbocycles. The van der Waals surface area contributed by atoms with Crippen LogP contribution in [0.2, 0.25) is 5.02 Å². The molecule has 0 saturated carbocycles. The normalized spacial score (nSPS) is 11.5. The molecule has 2 aromatic rings. The Kier molecular flexibility index (Phi) is 11.0. The third kappa shape index (κ3) is 8.28. The first-order valence-corrected chi connectivity index (χ1v) is 12.0. The van der Waals surface area contributed by atoms with Crippen molar-refractivity contribution in [2.45, 2.75) is 59.5 Å². The zero-order valence-corrected chi connectivity index (χ0v) is 20.8. The fraction of sp³-hybridized carbons (Fsp3) is 0.462. The number of carbonyl (C=O) groups is 2. The Bertz CT molecular complexity index is 919. The Labute approximate surface area is 202 Å². The molecule has 0 aliphatic heterocycles. The van der Waals surface area contributed by atoms with Crippen LogP contribution in [-0.4, -0.2) is 42.5 Å². The number of halogens is 1. The zero-order valence-electron chi connectivity index (χ0n) is 20.0. The van der Waals surface area contributed by atoms with E-state index in [1.165, 1.54) is 0 Å². The lowest BCUT2D eigenvalue weighted by Crippen LogP contribution is -2.47. The summed E-state index contributed by atoms with van der Waals surface area (Å²) < 4.78 is 11.3. The SMILES string of the molecule is CCCNC(=O)C(C)N(Cc1cccc(Cl)c1)C(=O)CCc1ccc(OCC)c(OCC)c1. The van der Waals surface area contributed by atoms with Gasteiger partial charge in [-0.1, -0.05) is 36.7 Å². The average Bonchev–Trinajstić information content (AvgIpc) is 2.80. The van der Waals surface area contributed by atoms with Crippen molar-refractivity contribution in [3.8, 4) is 11.5 Å². The van der Waals surface area contributed by atoms with Crippen molar-refractivity contribution in [2.24, 2.45) is 0 Å². The largest absolute Gasteiger partial charge is 0.490 e. The Balaban J connectivity index is 2.16. The number of ether oxygens (including phenoxy) is 2. The van der Waals surface area contributed by atoms with Crippen molar-refractivity contribution >= 4 is 23.4 Å². The molecule has 0 heterocycles. The minimum atomic E-state index is -0.595. The van der Waals surface area contributed by atoms with Gasteiger partial charge in [0.05, 0.1) is 13.2 Å². The molecule has 0 fully saturated rings. The number of benzene rings is 2. The lowest BCUT2D eigenvalue weighted by atomic mass is 10.1. The van der Waals surface area contributed by atoms with Gasteiger partial charge in [0.1, 0.15) is 6.04 Å². The van der Waals surface area contributed by atoms with Gasteiger partial charge >= 0.3 is 0 Å². The van der Waals surface area contributed by atoms with Gasteiger partial charge in [0.25, 0.3) is 0 Å². The molecule has 2 aromatic carbocycles. The fourth-order valence-corrected chi connectivity index (χ4v) is 3.67. The first-order valence-electron chi connectivity index (χ1n) is 11.6. The standard InChI is InChI=1S/C26H35ClN2O4/c1-5-15-28-26(31)19(4)29(18-21-9-8-10-22(27)16-21)25(30)14-12-20-11-13-23(32-6-2)24(17-20)33-7-3/h8-11,13,16-17,19H,5-7,12,14-15,18H2,1-4H3,(H,28,31). The van der Waals surface area contributed by atoms with E-state index >= 15 is 0 Å².